The van der Waals surface area contributed by atoms with Crippen molar-refractivity contribution in [3.8, 4) is 0 Å². The molecule has 0 saturated carbocycles. The van der Waals surface area contributed by atoms with Gasteiger partial charge in [0.1, 0.15) is 18.8 Å². The van der Waals surface area contributed by atoms with Crippen LogP contribution in [0.5, 0.6) is 0 Å². The van der Waals surface area contributed by atoms with E-state index in [9.17, 15) is 4.39 Å². The second-order valence-electron chi connectivity index (χ2n) is 5.01. The number of aryl methyl sites for hydroxylation is 2. The number of likely N-dealkylation sites (tertiary alicyclic amines) is 1. The number of alkyl halides is 1. The van der Waals surface area contributed by atoms with E-state index in [1.165, 1.54) is 12.7 Å². The van der Waals surface area contributed by atoms with Crippen molar-refractivity contribution in [3.05, 3.63) is 28.2 Å². The summed E-state index contributed by atoms with van der Waals surface area (Å²) in [6.45, 7) is 3.64. The van der Waals surface area contributed by atoms with Gasteiger partial charge in [0.25, 0.3) is 0 Å². The maximum absolute atomic E-state index is 12.5. The smallest absolute Gasteiger partial charge is 0.141 e. The minimum absolute atomic E-state index is 0.281. The van der Waals surface area contributed by atoms with Gasteiger partial charge in [0.15, 0.2) is 0 Å². The summed E-state index contributed by atoms with van der Waals surface area (Å²) in [5, 5.41) is 7.32. The molecule has 0 bridgehead atoms. The first-order chi connectivity index (χ1) is 9.78. The van der Waals surface area contributed by atoms with Crippen molar-refractivity contribution in [2.75, 3.05) is 13.2 Å². The second kappa shape index (κ2) is 5.97. The molecule has 0 radical (unpaired) electrons. The zero-order valence-corrected chi connectivity index (χ0v) is 12.3. The van der Waals surface area contributed by atoms with Crippen LogP contribution in [0.25, 0.3) is 0 Å². The van der Waals surface area contributed by atoms with E-state index in [2.05, 4.69) is 25.3 Å². The third kappa shape index (κ3) is 2.73. The fraction of sp³-hybridized carbons (Fsp3) is 0.615. The highest BCUT2D eigenvalue weighted by Crippen LogP contribution is 2.33. The SMILES string of the molecule is Cc1nc([C@@H]2CCCN2Cc2ncnn2CCF)cs1. The Morgan fingerprint density at radius 3 is 3.15 bits per heavy atom. The number of rotatable bonds is 5. The average Bonchev–Trinajstić information content (AvgIpc) is 3.13. The molecule has 1 saturated heterocycles. The van der Waals surface area contributed by atoms with Crippen LogP contribution >= 0.6 is 11.3 Å². The molecule has 0 unspecified atom stereocenters. The van der Waals surface area contributed by atoms with Crippen molar-refractivity contribution in [2.24, 2.45) is 0 Å². The van der Waals surface area contributed by atoms with Crippen molar-refractivity contribution in [1.29, 1.82) is 0 Å². The molecule has 7 heteroatoms. The van der Waals surface area contributed by atoms with E-state index in [4.69, 9.17) is 0 Å². The van der Waals surface area contributed by atoms with E-state index >= 15 is 0 Å². The molecule has 3 rings (SSSR count). The van der Waals surface area contributed by atoms with Crippen LogP contribution in [-0.4, -0.2) is 37.9 Å². The minimum Gasteiger partial charge on any atom is -0.287 e. The van der Waals surface area contributed by atoms with E-state index < -0.39 is 6.67 Å². The van der Waals surface area contributed by atoms with E-state index in [0.717, 1.165) is 29.5 Å². The lowest BCUT2D eigenvalue weighted by Crippen LogP contribution is -2.25. The summed E-state index contributed by atoms with van der Waals surface area (Å²) in [5.74, 6) is 0.835. The van der Waals surface area contributed by atoms with Gasteiger partial charge in [-0.2, -0.15) is 5.10 Å². The lowest BCUT2D eigenvalue weighted by molar-refractivity contribution is 0.232. The summed E-state index contributed by atoms with van der Waals surface area (Å²) >= 11 is 1.69. The predicted molar refractivity (Wildman–Crippen MR) is 75.2 cm³/mol. The first-order valence-electron chi connectivity index (χ1n) is 6.86. The summed E-state index contributed by atoms with van der Waals surface area (Å²) in [5.41, 5.74) is 1.15. The Bertz CT molecular complexity index is 567. The Kier molecular flexibility index (Phi) is 4.07. The van der Waals surface area contributed by atoms with Gasteiger partial charge in [0, 0.05) is 5.38 Å². The van der Waals surface area contributed by atoms with Crippen molar-refractivity contribution >= 4 is 11.3 Å². The number of thiazole rings is 1. The van der Waals surface area contributed by atoms with Crippen molar-refractivity contribution in [1.82, 2.24) is 24.6 Å². The number of halogens is 1. The van der Waals surface area contributed by atoms with Crippen molar-refractivity contribution < 1.29 is 4.39 Å². The third-order valence-electron chi connectivity index (χ3n) is 3.68. The number of nitrogens with zero attached hydrogens (tertiary/aromatic N) is 5. The fourth-order valence-electron chi connectivity index (χ4n) is 2.74. The zero-order chi connectivity index (χ0) is 13.9. The molecule has 0 spiro atoms. The molecule has 0 aromatic carbocycles. The third-order valence-corrected chi connectivity index (χ3v) is 4.47. The highest BCUT2D eigenvalue weighted by atomic mass is 32.1. The Morgan fingerprint density at radius 1 is 1.50 bits per heavy atom. The molecule has 0 N–H and O–H groups in total. The summed E-state index contributed by atoms with van der Waals surface area (Å²) in [7, 11) is 0. The average molecular weight is 295 g/mol. The van der Waals surface area contributed by atoms with Gasteiger partial charge in [-0.05, 0) is 26.3 Å². The molecule has 108 valence electrons. The topological polar surface area (TPSA) is 46.8 Å². The van der Waals surface area contributed by atoms with Crippen LogP contribution < -0.4 is 0 Å². The highest BCUT2D eigenvalue weighted by Gasteiger charge is 2.28. The van der Waals surface area contributed by atoms with Crippen LogP contribution in [0.2, 0.25) is 0 Å². The number of hydrogen-bond acceptors (Lipinski definition) is 5. The summed E-state index contributed by atoms with van der Waals surface area (Å²) < 4.78 is 14.1. The summed E-state index contributed by atoms with van der Waals surface area (Å²) in [6.07, 6.45) is 3.79. The monoisotopic (exact) mass is 295 g/mol. The summed E-state index contributed by atoms with van der Waals surface area (Å²) in [6, 6.07) is 0.357. The molecule has 5 nitrogen and oxygen atoms in total. The van der Waals surface area contributed by atoms with Gasteiger partial charge in [-0.3, -0.25) is 4.90 Å². The largest absolute Gasteiger partial charge is 0.287 e. The zero-order valence-electron chi connectivity index (χ0n) is 11.5. The molecule has 0 amide bonds. The molecule has 2 aromatic heterocycles. The van der Waals surface area contributed by atoms with Crippen molar-refractivity contribution in [2.45, 2.75) is 38.9 Å². The molecule has 2 aromatic rings. The maximum Gasteiger partial charge on any atom is 0.141 e. The lowest BCUT2D eigenvalue weighted by atomic mass is 10.2. The van der Waals surface area contributed by atoms with Gasteiger partial charge in [0.2, 0.25) is 0 Å². The van der Waals surface area contributed by atoms with Gasteiger partial charge in [-0.15, -0.1) is 11.3 Å². The molecule has 1 fully saturated rings. The van der Waals surface area contributed by atoms with Crippen LogP contribution in [0, 0.1) is 6.92 Å². The van der Waals surface area contributed by atoms with Crippen LogP contribution in [0.4, 0.5) is 4.39 Å². The van der Waals surface area contributed by atoms with E-state index in [1.54, 1.807) is 16.0 Å². The number of hydrogen-bond donors (Lipinski definition) is 0. The molecule has 3 heterocycles. The van der Waals surface area contributed by atoms with Gasteiger partial charge < -0.3 is 0 Å². The first kappa shape index (κ1) is 13.6. The van der Waals surface area contributed by atoms with Gasteiger partial charge in [-0.1, -0.05) is 0 Å². The highest BCUT2D eigenvalue weighted by molar-refractivity contribution is 7.09. The van der Waals surface area contributed by atoms with Crippen LogP contribution in [0.15, 0.2) is 11.7 Å². The number of aromatic nitrogens is 4. The molecule has 1 atom stereocenters. The Balaban J connectivity index is 1.74. The van der Waals surface area contributed by atoms with Crippen LogP contribution in [0.1, 0.15) is 35.4 Å². The molecule has 1 aliphatic rings. The second-order valence-corrected chi connectivity index (χ2v) is 6.07. The Hall–Kier alpha value is -1.34. The lowest BCUT2D eigenvalue weighted by Gasteiger charge is -2.22. The van der Waals surface area contributed by atoms with E-state index in [-0.39, 0.29) is 6.54 Å². The van der Waals surface area contributed by atoms with E-state index in [0.29, 0.717) is 12.6 Å². The van der Waals surface area contributed by atoms with Crippen LogP contribution in [0.3, 0.4) is 0 Å². The fourth-order valence-corrected chi connectivity index (χ4v) is 3.40. The first-order valence-corrected chi connectivity index (χ1v) is 7.74. The van der Waals surface area contributed by atoms with Gasteiger partial charge in [-0.25, -0.2) is 19.0 Å². The molecular weight excluding hydrogens is 277 g/mol. The Labute approximate surface area is 121 Å². The van der Waals surface area contributed by atoms with Gasteiger partial charge >= 0.3 is 0 Å². The van der Waals surface area contributed by atoms with Crippen LogP contribution in [-0.2, 0) is 13.1 Å². The predicted octanol–water partition coefficient (Wildman–Crippen LogP) is 2.35. The normalized spacial score (nSPS) is 19.8. The van der Waals surface area contributed by atoms with Crippen molar-refractivity contribution in [3.63, 3.8) is 0 Å². The van der Waals surface area contributed by atoms with Gasteiger partial charge in [0.05, 0.1) is 29.8 Å². The summed E-state index contributed by atoms with van der Waals surface area (Å²) in [4.78, 5) is 11.2. The standard InChI is InChI=1S/C13H18FN5S/c1-10-17-11(8-20-10)12-3-2-5-18(12)7-13-15-9-16-19(13)6-4-14/h8-9,12H,2-7H2,1H3/t12-/m0/s1. The maximum atomic E-state index is 12.5. The molecule has 1 aliphatic heterocycles. The minimum atomic E-state index is -0.412. The molecule has 20 heavy (non-hydrogen) atoms. The molecular formula is C13H18FN5S. The van der Waals surface area contributed by atoms with E-state index in [1.807, 2.05) is 6.92 Å². The Morgan fingerprint density at radius 2 is 2.40 bits per heavy atom. The molecule has 0 aliphatic carbocycles. The quantitative estimate of drug-likeness (QED) is 0.849.